The van der Waals surface area contributed by atoms with Crippen LogP contribution in [0.25, 0.3) is 33.1 Å². The molecular formula is C15H10ClN3. The second-order valence-corrected chi connectivity index (χ2v) is 5.04. The fourth-order valence-electron chi connectivity index (χ4n) is 2.51. The topological polar surface area (TPSA) is 30.7 Å². The molecule has 0 aliphatic heterocycles. The average molecular weight is 268 g/mol. The van der Waals surface area contributed by atoms with Crippen molar-refractivity contribution >= 4 is 44.7 Å². The van der Waals surface area contributed by atoms with Crippen LogP contribution in [0.1, 0.15) is 0 Å². The van der Waals surface area contributed by atoms with Gasteiger partial charge in [-0.3, -0.25) is 0 Å². The fraction of sp³-hybridized carbons (Fsp3) is 0.0667. The fourth-order valence-corrected chi connectivity index (χ4v) is 2.68. The second-order valence-electron chi connectivity index (χ2n) is 4.61. The smallest absolute Gasteiger partial charge is 0.160 e. The number of aromatic nitrogens is 3. The summed E-state index contributed by atoms with van der Waals surface area (Å²) in [5.74, 6) is 0. The highest BCUT2D eigenvalue weighted by atomic mass is 35.5. The molecule has 0 saturated heterocycles. The highest BCUT2D eigenvalue weighted by Crippen LogP contribution is 2.27. The molecule has 4 aromatic rings. The van der Waals surface area contributed by atoms with Crippen LogP contribution in [0.3, 0.4) is 0 Å². The van der Waals surface area contributed by atoms with Crippen molar-refractivity contribution in [3.8, 4) is 0 Å². The van der Waals surface area contributed by atoms with Gasteiger partial charge in [-0.05, 0) is 24.3 Å². The minimum atomic E-state index is 0.682. The van der Waals surface area contributed by atoms with E-state index in [1.54, 1.807) is 0 Å². The largest absolute Gasteiger partial charge is 0.327 e. The van der Waals surface area contributed by atoms with E-state index in [-0.39, 0.29) is 0 Å². The number of halogens is 1. The molecule has 0 amide bonds. The molecule has 0 N–H and O–H groups in total. The third kappa shape index (κ3) is 1.45. The zero-order valence-corrected chi connectivity index (χ0v) is 11.0. The van der Waals surface area contributed by atoms with Crippen LogP contribution in [0.5, 0.6) is 0 Å². The Labute approximate surface area is 114 Å². The number of hydrogen-bond acceptors (Lipinski definition) is 2. The molecule has 0 bridgehead atoms. The first-order chi connectivity index (χ1) is 9.24. The van der Waals surface area contributed by atoms with Gasteiger partial charge < -0.3 is 4.57 Å². The van der Waals surface area contributed by atoms with Crippen molar-refractivity contribution in [3.05, 3.63) is 47.5 Å². The first-order valence-electron chi connectivity index (χ1n) is 6.04. The highest BCUT2D eigenvalue weighted by Gasteiger charge is 2.11. The van der Waals surface area contributed by atoms with Crippen molar-refractivity contribution in [2.75, 3.05) is 0 Å². The maximum atomic E-state index is 6.02. The SMILES string of the molecule is Cn1c2ccccc2c2nc3cc(Cl)ccc3nc21. The number of rotatable bonds is 0. The van der Waals surface area contributed by atoms with Crippen LogP contribution in [0.15, 0.2) is 42.5 Å². The molecule has 0 aliphatic rings. The predicted octanol–water partition coefficient (Wildman–Crippen LogP) is 3.93. The molecule has 3 nitrogen and oxygen atoms in total. The number of benzene rings is 2. The van der Waals surface area contributed by atoms with Crippen molar-refractivity contribution in [2.24, 2.45) is 7.05 Å². The lowest BCUT2D eigenvalue weighted by atomic mass is 10.2. The lowest BCUT2D eigenvalue weighted by Gasteiger charge is -1.99. The minimum Gasteiger partial charge on any atom is -0.327 e. The van der Waals surface area contributed by atoms with Gasteiger partial charge in [-0.25, -0.2) is 9.97 Å². The molecule has 2 heterocycles. The van der Waals surface area contributed by atoms with Crippen LogP contribution in [0.4, 0.5) is 0 Å². The van der Waals surface area contributed by atoms with Crippen molar-refractivity contribution in [3.63, 3.8) is 0 Å². The Morgan fingerprint density at radius 3 is 2.74 bits per heavy atom. The summed E-state index contributed by atoms with van der Waals surface area (Å²) in [5, 5.41) is 1.80. The van der Waals surface area contributed by atoms with Gasteiger partial charge in [-0.2, -0.15) is 0 Å². The molecule has 0 unspecified atom stereocenters. The molecule has 0 atom stereocenters. The molecule has 4 rings (SSSR count). The standard InChI is InChI=1S/C15H10ClN3/c1-19-13-5-3-2-4-10(13)14-15(19)18-11-7-6-9(16)8-12(11)17-14/h2-8H,1H3. The van der Waals surface area contributed by atoms with Gasteiger partial charge in [0.2, 0.25) is 0 Å². The Morgan fingerprint density at radius 1 is 1.00 bits per heavy atom. The predicted molar refractivity (Wildman–Crippen MR) is 78.5 cm³/mol. The quantitative estimate of drug-likeness (QED) is 0.483. The Morgan fingerprint density at radius 2 is 1.84 bits per heavy atom. The van der Waals surface area contributed by atoms with E-state index < -0.39 is 0 Å². The minimum absolute atomic E-state index is 0.682. The summed E-state index contributed by atoms with van der Waals surface area (Å²) in [5.41, 5.74) is 4.65. The first-order valence-corrected chi connectivity index (χ1v) is 6.42. The second kappa shape index (κ2) is 3.68. The van der Waals surface area contributed by atoms with Crippen molar-refractivity contribution in [1.82, 2.24) is 14.5 Å². The normalized spacial score (nSPS) is 11.7. The van der Waals surface area contributed by atoms with Gasteiger partial charge in [0, 0.05) is 17.5 Å². The Bertz CT molecular complexity index is 940. The van der Waals surface area contributed by atoms with Crippen molar-refractivity contribution < 1.29 is 0 Å². The molecule has 4 heteroatoms. The molecule has 2 aromatic carbocycles. The maximum absolute atomic E-state index is 6.02. The number of nitrogens with zero attached hydrogens (tertiary/aromatic N) is 3. The van der Waals surface area contributed by atoms with Crippen LogP contribution in [0, 0.1) is 0 Å². The van der Waals surface area contributed by atoms with Crippen LogP contribution >= 0.6 is 11.6 Å². The summed E-state index contributed by atoms with van der Waals surface area (Å²) >= 11 is 6.02. The lowest BCUT2D eigenvalue weighted by molar-refractivity contribution is 0.992. The van der Waals surface area contributed by atoms with E-state index >= 15 is 0 Å². The average Bonchev–Trinajstić information content (AvgIpc) is 2.70. The molecule has 92 valence electrons. The summed E-state index contributed by atoms with van der Waals surface area (Å²) in [4.78, 5) is 9.42. The van der Waals surface area contributed by atoms with Gasteiger partial charge in [-0.15, -0.1) is 0 Å². The molecule has 0 fully saturated rings. The molecule has 0 saturated carbocycles. The van der Waals surface area contributed by atoms with E-state index in [1.165, 1.54) is 0 Å². The monoisotopic (exact) mass is 267 g/mol. The van der Waals surface area contributed by atoms with Gasteiger partial charge in [0.15, 0.2) is 5.65 Å². The molecule has 0 aliphatic carbocycles. The van der Waals surface area contributed by atoms with E-state index in [0.29, 0.717) is 5.02 Å². The molecule has 0 radical (unpaired) electrons. The van der Waals surface area contributed by atoms with E-state index in [4.69, 9.17) is 21.6 Å². The van der Waals surface area contributed by atoms with Crippen LogP contribution in [0.2, 0.25) is 5.02 Å². The number of fused-ring (bicyclic) bond motifs is 4. The maximum Gasteiger partial charge on any atom is 0.160 e. The van der Waals surface area contributed by atoms with E-state index in [9.17, 15) is 0 Å². The summed E-state index contributed by atoms with van der Waals surface area (Å²) < 4.78 is 2.08. The third-order valence-corrected chi connectivity index (χ3v) is 3.68. The molecular weight excluding hydrogens is 258 g/mol. The van der Waals surface area contributed by atoms with Crippen molar-refractivity contribution in [1.29, 1.82) is 0 Å². The van der Waals surface area contributed by atoms with Crippen LogP contribution in [-0.4, -0.2) is 14.5 Å². The van der Waals surface area contributed by atoms with Gasteiger partial charge >= 0.3 is 0 Å². The van der Waals surface area contributed by atoms with Gasteiger partial charge in [0.05, 0.1) is 16.6 Å². The van der Waals surface area contributed by atoms with Crippen LogP contribution in [-0.2, 0) is 7.05 Å². The Balaban J connectivity index is 2.28. The van der Waals surface area contributed by atoms with E-state index in [1.807, 2.05) is 37.4 Å². The van der Waals surface area contributed by atoms with Gasteiger partial charge in [-0.1, -0.05) is 29.8 Å². The van der Waals surface area contributed by atoms with Gasteiger partial charge in [0.1, 0.15) is 5.52 Å². The summed E-state index contributed by atoms with van der Waals surface area (Å²) in [6.07, 6.45) is 0. The lowest BCUT2D eigenvalue weighted by Crippen LogP contribution is -1.91. The Kier molecular flexibility index (Phi) is 2.09. The highest BCUT2D eigenvalue weighted by molar-refractivity contribution is 6.31. The number of hydrogen-bond donors (Lipinski definition) is 0. The molecule has 19 heavy (non-hydrogen) atoms. The Hall–Kier alpha value is -2.13. The van der Waals surface area contributed by atoms with Gasteiger partial charge in [0.25, 0.3) is 0 Å². The van der Waals surface area contributed by atoms with E-state index in [2.05, 4.69) is 16.7 Å². The number of aryl methyl sites for hydroxylation is 1. The third-order valence-electron chi connectivity index (χ3n) is 3.45. The summed E-state index contributed by atoms with van der Waals surface area (Å²) in [7, 11) is 2.01. The zero-order chi connectivity index (χ0) is 13.0. The first kappa shape index (κ1) is 10.8. The zero-order valence-electron chi connectivity index (χ0n) is 10.3. The van der Waals surface area contributed by atoms with Crippen molar-refractivity contribution in [2.45, 2.75) is 0 Å². The summed E-state index contributed by atoms with van der Waals surface area (Å²) in [6, 6.07) is 13.8. The summed E-state index contributed by atoms with van der Waals surface area (Å²) in [6.45, 7) is 0. The molecule has 2 aromatic heterocycles. The number of para-hydroxylation sites is 1. The van der Waals surface area contributed by atoms with E-state index in [0.717, 1.165) is 33.1 Å². The van der Waals surface area contributed by atoms with Crippen LogP contribution < -0.4 is 0 Å². The molecule has 0 spiro atoms.